The summed E-state index contributed by atoms with van der Waals surface area (Å²) in [5.41, 5.74) is 1.45. The number of aliphatic hydroxyl groups is 1. The maximum absolute atomic E-state index is 9.78. The Morgan fingerprint density at radius 1 is 1.38 bits per heavy atom. The Labute approximate surface area is 79.9 Å². The van der Waals surface area contributed by atoms with Crippen molar-refractivity contribution in [3.63, 3.8) is 0 Å². The quantitative estimate of drug-likeness (QED) is 0.786. The zero-order valence-corrected chi connectivity index (χ0v) is 7.61. The van der Waals surface area contributed by atoms with Crippen LogP contribution in [0.25, 0.3) is 0 Å². The molecule has 0 aliphatic carbocycles. The second kappa shape index (κ2) is 3.64. The Bertz CT molecular complexity index is 360. The molecule has 0 radical (unpaired) electrons. The number of aromatic nitrogens is 2. The molecule has 2 heterocycles. The predicted octanol–water partition coefficient (Wildman–Crippen LogP) is 1.62. The molecule has 2 rings (SSSR count). The average Bonchev–Trinajstić information content (AvgIpc) is 2.71. The first kappa shape index (κ1) is 8.34. The van der Waals surface area contributed by atoms with Gasteiger partial charge in [-0.05, 0) is 23.7 Å². The Kier molecular flexibility index (Phi) is 2.33. The van der Waals surface area contributed by atoms with Gasteiger partial charge >= 0.3 is 0 Å². The van der Waals surface area contributed by atoms with Crippen LogP contribution in [0.4, 0.5) is 0 Å². The molecule has 2 aromatic heterocycles. The zero-order valence-electron chi connectivity index (χ0n) is 6.79. The fourth-order valence-corrected chi connectivity index (χ4v) is 1.61. The summed E-state index contributed by atoms with van der Waals surface area (Å²) >= 11 is 1.33. The summed E-state index contributed by atoms with van der Waals surface area (Å²) in [6.07, 6.45) is 2.67. The summed E-state index contributed by atoms with van der Waals surface area (Å²) in [5, 5.41) is 11.6. The minimum Gasteiger partial charge on any atom is -0.382 e. The van der Waals surface area contributed by atoms with E-state index in [0.717, 1.165) is 5.56 Å². The molecule has 1 atom stereocenters. The average molecular weight is 192 g/mol. The molecule has 3 nitrogen and oxygen atoms in total. The Hall–Kier alpha value is -1.26. The van der Waals surface area contributed by atoms with Crippen LogP contribution in [0.5, 0.6) is 0 Å². The lowest BCUT2D eigenvalue weighted by Crippen LogP contribution is -1.99. The lowest BCUT2D eigenvalue weighted by atomic mass is 10.1. The molecule has 13 heavy (non-hydrogen) atoms. The van der Waals surface area contributed by atoms with Crippen molar-refractivity contribution in [1.82, 2.24) is 9.36 Å². The Morgan fingerprint density at radius 2 is 2.31 bits per heavy atom. The van der Waals surface area contributed by atoms with Gasteiger partial charge in [0.15, 0.2) is 0 Å². The van der Waals surface area contributed by atoms with Crippen LogP contribution in [-0.4, -0.2) is 14.5 Å². The highest BCUT2D eigenvalue weighted by molar-refractivity contribution is 7.03. The molecule has 0 bridgehead atoms. The van der Waals surface area contributed by atoms with Gasteiger partial charge in [0, 0.05) is 23.3 Å². The lowest BCUT2D eigenvalue weighted by Gasteiger charge is -2.05. The third kappa shape index (κ3) is 1.74. The molecular formula is C9H8N2OS. The summed E-state index contributed by atoms with van der Waals surface area (Å²) in [6.45, 7) is 0. The molecule has 0 aliphatic rings. The second-order valence-corrected chi connectivity index (χ2v) is 3.28. The van der Waals surface area contributed by atoms with Gasteiger partial charge in [0.2, 0.25) is 0 Å². The van der Waals surface area contributed by atoms with Crippen LogP contribution in [0, 0.1) is 0 Å². The summed E-state index contributed by atoms with van der Waals surface area (Å²) < 4.78 is 4.06. The molecule has 0 fully saturated rings. The highest BCUT2D eigenvalue weighted by Crippen LogP contribution is 2.19. The van der Waals surface area contributed by atoms with Crippen LogP contribution in [0.15, 0.2) is 36.0 Å². The van der Waals surface area contributed by atoms with Crippen molar-refractivity contribution in [2.24, 2.45) is 0 Å². The van der Waals surface area contributed by atoms with E-state index in [-0.39, 0.29) is 0 Å². The zero-order chi connectivity index (χ0) is 9.10. The minimum absolute atomic E-state index is 0.653. The number of hydrogen-bond acceptors (Lipinski definition) is 4. The van der Waals surface area contributed by atoms with Gasteiger partial charge in [-0.25, -0.2) is 0 Å². The smallest absolute Gasteiger partial charge is 0.124 e. The minimum atomic E-state index is -0.653. The maximum Gasteiger partial charge on any atom is 0.124 e. The molecule has 0 aromatic carbocycles. The van der Waals surface area contributed by atoms with Gasteiger partial charge < -0.3 is 5.11 Å². The van der Waals surface area contributed by atoms with Crippen molar-refractivity contribution < 1.29 is 5.11 Å². The van der Waals surface area contributed by atoms with Gasteiger partial charge in [-0.15, -0.1) is 0 Å². The van der Waals surface area contributed by atoms with E-state index >= 15 is 0 Å². The van der Waals surface area contributed by atoms with Crippen LogP contribution in [0.2, 0.25) is 0 Å². The van der Waals surface area contributed by atoms with E-state index in [1.807, 2.05) is 17.5 Å². The number of pyridine rings is 1. The normalized spacial score (nSPS) is 12.7. The number of rotatable bonds is 2. The molecule has 4 heteroatoms. The van der Waals surface area contributed by atoms with Gasteiger partial charge in [0.05, 0.1) is 5.69 Å². The Morgan fingerprint density at radius 3 is 2.92 bits per heavy atom. The predicted molar refractivity (Wildman–Crippen MR) is 50.4 cm³/mol. The SMILES string of the molecule is OC(c1cccnc1)c1ccsn1. The van der Waals surface area contributed by atoms with E-state index in [0.29, 0.717) is 5.69 Å². The fourth-order valence-electron chi connectivity index (χ4n) is 1.07. The molecule has 2 aromatic rings. The first-order chi connectivity index (χ1) is 6.38. The first-order valence-corrected chi connectivity index (χ1v) is 4.70. The summed E-state index contributed by atoms with van der Waals surface area (Å²) in [4.78, 5) is 3.93. The summed E-state index contributed by atoms with van der Waals surface area (Å²) in [7, 11) is 0. The van der Waals surface area contributed by atoms with Crippen molar-refractivity contribution >= 4 is 11.5 Å². The third-order valence-corrected chi connectivity index (χ3v) is 2.31. The molecule has 0 saturated heterocycles. The van der Waals surface area contributed by atoms with Gasteiger partial charge in [0.1, 0.15) is 6.10 Å². The van der Waals surface area contributed by atoms with Gasteiger partial charge in [-0.1, -0.05) is 6.07 Å². The van der Waals surface area contributed by atoms with E-state index in [2.05, 4.69) is 9.36 Å². The van der Waals surface area contributed by atoms with Gasteiger partial charge in [0.25, 0.3) is 0 Å². The first-order valence-electron chi connectivity index (χ1n) is 3.86. The molecule has 0 amide bonds. The maximum atomic E-state index is 9.78. The highest BCUT2D eigenvalue weighted by Gasteiger charge is 2.11. The summed E-state index contributed by atoms with van der Waals surface area (Å²) in [5.74, 6) is 0. The van der Waals surface area contributed by atoms with Crippen LogP contribution in [0.3, 0.4) is 0 Å². The number of aliphatic hydroxyl groups excluding tert-OH is 1. The molecule has 0 saturated carbocycles. The van der Waals surface area contributed by atoms with Crippen molar-refractivity contribution in [2.45, 2.75) is 6.10 Å². The summed E-state index contributed by atoms with van der Waals surface area (Å²) in [6, 6.07) is 5.43. The molecule has 1 N–H and O–H groups in total. The molecule has 66 valence electrons. The van der Waals surface area contributed by atoms with Crippen LogP contribution >= 0.6 is 11.5 Å². The van der Waals surface area contributed by atoms with E-state index in [9.17, 15) is 5.11 Å². The largest absolute Gasteiger partial charge is 0.382 e. The number of hydrogen-bond donors (Lipinski definition) is 1. The molecular weight excluding hydrogens is 184 g/mol. The van der Waals surface area contributed by atoms with E-state index in [1.54, 1.807) is 18.5 Å². The van der Waals surface area contributed by atoms with Gasteiger partial charge in [-0.2, -0.15) is 4.37 Å². The van der Waals surface area contributed by atoms with Crippen molar-refractivity contribution in [3.8, 4) is 0 Å². The van der Waals surface area contributed by atoms with Crippen LogP contribution in [-0.2, 0) is 0 Å². The fraction of sp³-hybridized carbons (Fsp3) is 0.111. The molecule has 0 aliphatic heterocycles. The second-order valence-electron chi connectivity index (χ2n) is 2.61. The van der Waals surface area contributed by atoms with Crippen LogP contribution in [0.1, 0.15) is 17.4 Å². The van der Waals surface area contributed by atoms with Gasteiger partial charge in [-0.3, -0.25) is 4.98 Å². The van der Waals surface area contributed by atoms with Crippen molar-refractivity contribution in [3.05, 3.63) is 47.2 Å². The molecule has 0 spiro atoms. The monoisotopic (exact) mass is 192 g/mol. The highest BCUT2D eigenvalue weighted by atomic mass is 32.1. The van der Waals surface area contributed by atoms with E-state index < -0.39 is 6.10 Å². The van der Waals surface area contributed by atoms with Crippen molar-refractivity contribution in [2.75, 3.05) is 0 Å². The standard InChI is InChI=1S/C9H8N2OS/c12-9(8-3-5-13-11-8)7-2-1-4-10-6-7/h1-6,9,12H. The topological polar surface area (TPSA) is 46.0 Å². The van der Waals surface area contributed by atoms with Crippen molar-refractivity contribution in [1.29, 1.82) is 0 Å². The lowest BCUT2D eigenvalue weighted by molar-refractivity contribution is 0.216. The Balaban J connectivity index is 2.29. The molecule has 1 unspecified atom stereocenters. The third-order valence-electron chi connectivity index (χ3n) is 1.74. The van der Waals surface area contributed by atoms with E-state index in [4.69, 9.17) is 0 Å². The van der Waals surface area contributed by atoms with E-state index in [1.165, 1.54) is 11.5 Å². The number of nitrogens with zero attached hydrogens (tertiary/aromatic N) is 2. The van der Waals surface area contributed by atoms with Crippen LogP contribution < -0.4 is 0 Å².